The van der Waals surface area contributed by atoms with Gasteiger partial charge in [0, 0.05) is 11.9 Å². The van der Waals surface area contributed by atoms with Gasteiger partial charge in [0.15, 0.2) is 0 Å². The number of carbonyl (C=O) groups is 1. The van der Waals surface area contributed by atoms with Crippen molar-refractivity contribution in [1.29, 1.82) is 0 Å². The molecule has 1 amide bonds. The molecule has 5 heteroatoms. The minimum Gasteiger partial charge on any atom is -0.377 e. The number of hydrogen-bond acceptors (Lipinski definition) is 4. The van der Waals surface area contributed by atoms with E-state index in [4.69, 9.17) is 4.74 Å². The summed E-state index contributed by atoms with van der Waals surface area (Å²) in [5.74, 6) is 0.0117. The van der Waals surface area contributed by atoms with Crippen molar-refractivity contribution in [3.05, 3.63) is 16.1 Å². The zero-order valence-electron chi connectivity index (χ0n) is 9.82. The number of morpholine rings is 1. The second-order valence-electron chi connectivity index (χ2n) is 4.57. The molecule has 1 aromatic rings. The lowest BCUT2D eigenvalue weighted by molar-refractivity contribution is -0.0372. The molecule has 0 aromatic carbocycles. The first-order valence-electron chi connectivity index (χ1n) is 5.32. The molecule has 0 bridgehead atoms. The van der Waals surface area contributed by atoms with E-state index in [-0.39, 0.29) is 11.4 Å². The Balaban J connectivity index is 2.20. The number of thiazole rings is 1. The van der Waals surface area contributed by atoms with E-state index < -0.39 is 0 Å². The minimum absolute atomic E-state index is 0.0117. The summed E-state index contributed by atoms with van der Waals surface area (Å²) in [6, 6.07) is 0. The van der Waals surface area contributed by atoms with Gasteiger partial charge < -0.3 is 9.64 Å². The summed E-state index contributed by atoms with van der Waals surface area (Å²) >= 11 is 1.51. The molecule has 0 aliphatic carbocycles. The first-order chi connectivity index (χ1) is 7.50. The van der Waals surface area contributed by atoms with Gasteiger partial charge in [-0.05, 0) is 20.8 Å². The lowest BCUT2D eigenvalue weighted by Gasteiger charge is -2.41. The number of rotatable bonds is 1. The number of aryl methyl sites for hydroxylation is 1. The zero-order chi connectivity index (χ0) is 11.8. The predicted molar refractivity (Wildman–Crippen MR) is 62.8 cm³/mol. The Kier molecular flexibility index (Phi) is 2.99. The fraction of sp³-hybridized carbons (Fsp3) is 0.636. The van der Waals surface area contributed by atoms with E-state index in [2.05, 4.69) is 4.98 Å². The molecular formula is C11H16N2O2S. The molecule has 0 N–H and O–H groups in total. The smallest absolute Gasteiger partial charge is 0.273 e. The molecule has 16 heavy (non-hydrogen) atoms. The molecule has 0 spiro atoms. The lowest BCUT2D eigenvalue weighted by Crippen LogP contribution is -2.55. The average molecular weight is 240 g/mol. The third kappa shape index (κ3) is 2.10. The van der Waals surface area contributed by atoms with E-state index in [1.54, 1.807) is 0 Å². The van der Waals surface area contributed by atoms with Crippen LogP contribution in [0.4, 0.5) is 0 Å². The predicted octanol–water partition coefficient (Wildman–Crippen LogP) is 1.70. The Morgan fingerprint density at radius 2 is 2.38 bits per heavy atom. The van der Waals surface area contributed by atoms with E-state index in [1.165, 1.54) is 11.3 Å². The van der Waals surface area contributed by atoms with E-state index in [1.807, 2.05) is 31.1 Å². The maximum atomic E-state index is 12.2. The molecule has 1 fully saturated rings. The highest BCUT2D eigenvalue weighted by molar-refractivity contribution is 7.09. The van der Waals surface area contributed by atoms with Crippen molar-refractivity contribution in [2.75, 3.05) is 19.8 Å². The molecule has 0 unspecified atom stereocenters. The highest BCUT2D eigenvalue weighted by atomic mass is 32.1. The van der Waals surface area contributed by atoms with Gasteiger partial charge in [0.05, 0.1) is 23.8 Å². The Hall–Kier alpha value is -0.940. The van der Waals surface area contributed by atoms with E-state index in [0.717, 1.165) is 5.01 Å². The van der Waals surface area contributed by atoms with Crippen molar-refractivity contribution in [2.24, 2.45) is 0 Å². The lowest BCUT2D eigenvalue weighted by atomic mass is 10.0. The maximum absolute atomic E-state index is 12.2. The topological polar surface area (TPSA) is 42.4 Å². The number of hydrogen-bond donors (Lipinski definition) is 0. The fourth-order valence-corrected chi connectivity index (χ4v) is 2.42. The van der Waals surface area contributed by atoms with Crippen LogP contribution in [0.3, 0.4) is 0 Å². The van der Waals surface area contributed by atoms with Gasteiger partial charge in [-0.1, -0.05) is 0 Å². The first-order valence-corrected chi connectivity index (χ1v) is 6.20. The summed E-state index contributed by atoms with van der Waals surface area (Å²) in [5.41, 5.74) is 0.310. The molecule has 1 aliphatic rings. The van der Waals surface area contributed by atoms with E-state index in [0.29, 0.717) is 25.5 Å². The van der Waals surface area contributed by atoms with Crippen molar-refractivity contribution in [1.82, 2.24) is 9.88 Å². The van der Waals surface area contributed by atoms with Gasteiger partial charge in [0.1, 0.15) is 5.69 Å². The molecule has 1 aliphatic heterocycles. The molecule has 0 radical (unpaired) electrons. The first kappa shape index (κ1) is 11.5. The average Bonchev–Trinajstić information content (AvgIpc) is 2.63. The number of amides is 1. The minimum atomic E-state index is -0.243. The molecule has 1 saturated heterocycles. The summed E-state index contributed by atoms with van der Waals surface area (Å²) in [7, 11) is 0. The number of carbonyl (C=O) groups excluding carboxylic acids is 1. The second-order valence-corrected chi connectivity index (χ2v) is 5.64. The zero-order valence-corrected chi connectivity index (χ0v) is 10.6. The summed E-state index contributed by atoms with van der Waals surface area (Å²) in [6.07, 6.45) is 0. The third-order valence-electron chi connectivity index (χ3n) is 2.73. The fourth-order valence-electron chi connectivity index (χ4n) is 1.83. The molecule has 88 valence electrons. The summed E-state index contributed by atoms with van der Waals surface area (Å²) in [4.78, 5) is 18.3. The summed E-state index contributed by atoms with van der Waals surface area (Å²) in [6.45, 7) is 7.78. The van der Waals surface area contributed by atoms with Crippen LogP contribution in [-0.4, -0.2) is 41.1 Å². The standard InChI is InChI=1S/C11H16N2O2S/c1-8-12-9(6-16-8)10(14)13-4-5-15-7-11(13,2)3/h6H,4-5,7H2,1-3H3. The highest BCUT2D eigenvalue weighted by Crippen LogP contribution is 2.22. The SMILES string of the molecule is Cc1nc(C(=O)N2CCOCC2(C)C)cs1. The van der Waals surface area contributed by atoms with Crippen LogP contribution in [-0.2, 0) is 4.74 Å². The van der Waals surface area contributed by atoms with Gasteiger partial charge in [-0.25, -0.2) is 4.98 Å². The van der Waals surface area contributed by atoms with Crippen LogP contribution in [0.1, 0.15) is 29.3 Å². The van der Waals surface area contributed by atoms with Gasteiger partial charge in [-0.15, -0.1) is 11.3 Å². The van der Waals surface area contributed by atoms with Gasteiger partial charge in [0.25, 0.3) is 5.91 Å². The Morgan fingerprint density at radius 3 is 2.94 bits per heavy atom. The summed E-state index contributed by atoms with van der Waals surface area (Å²) in [5, 5.41) is 2.75. The molecule has 0 atom stereocenters. The van der Waals surface area contributed by atoms with Gasteiger partial charge in [-0.3, -0.25) is 4.79 Å². The third-order valence-corrected chi connectivity index (χ3v) is 3.50. The van der Waals surface area contributed by atoms with E-state index >= 15 is 0 Å². The molecule has 2 heterocycles. The monoisotopic (exact) mass is 240 g/mol. The van der Waals surface area contributed by atoms with Gasteiger partial charge in [-0.2, -0.15) is 0 Å². The largest absolute Gasteiger partial charge is 0.377 e. The van der Waals surface area contributed by atoms with Crippen LogP contribution < -0.4 is 0 Å². The van der Waals surface area contributed by atoms with Crippen LogP contribution in [0.15, 0.2) is 5.38 Å². The molecule has 4 nitrogen and oxygen atoms in total. The van der Waals surface area contributed by atoms with E-state index in [9.17, 15) is 4.79 Å². The maximum Gasteiger partial charge on any atom is 0.273 e. The molecule has 0 saturated carbocycles. The van der Waals surface area contributed by atoms with Crippen LogP contribution in [0, 0.1) is 6.92 Å². The van der Waals surface area contributed by atoms with Crippen molar-refractivity contribution >= 4 is 17.2 Å². The van der Waals surface area contributed by atoms with Crippen LogP contribution in [0.2, 0.25) is 0 Å². The Morgan fingerprint density at radius 1 is 1.62 bits per heavy atom. The van der Waals surface area contributed by atoms with Crippen molar-refractivity contribution in [2.45, 2.75) is 26.3 Å². The Labute approximate surface area is 99.2 Å². The number of aromatic nitrogens is 1. The van der Waals surface area contributed by atoms with Crippen LogP contribution in [0.5, 0.6) is 0 Å². The molecular weight excluding hydrogens is 224 g/mol. The summed E-state index contributed by atoms with van der Waals surface area (Å²) < 4.78 is 5.39. The van der Waals surface area contributed by atoms with Crippen LogP contribution >= 0.6 is 11.3 Å². The Bertz CT molecular complexity index is 400. The molecule has 2 rings (SSSR count). The normalized spacial score (nSPS) is 19.8. The highest BCUT2D eigenvalue weighted by Gasteiger charge is 2.35. The van der Waals surface area contributed by atoms with Crippen molar-refractivity contribution in [3.8, 4) is 0 Å². The van der Waals surface area contributed by atoms with Crippen LogP contribution in [0.25, 0.3) is 0 Å². The van der Waals surface area contributed by atoms with Gasteiger partial charge in [0.2, 0.25) is 0 Å². The number of ether oxygens (including phenoxy) is 1. The van der Waals surface area contributed by atoms with Crippen molar-refractivity contribution < 1.29 is 9.53 Å². The number of nitrogens with zero attached hydrogens (tertiary/aromatic N) is 2. The second kappa shape index (κ2) is 4.14. The van der Waals surface area contributed by atoms with Gasteiger partial charge >= 0.3 is 0 Å². The molecule has 1 aromatic heterocycles. The van der Waals surface area contributed by atoms with Crippen molar-refractivity contribution in [3.63, 3.8) is 0 Å². The quantitative estimate of drug-likeness (QED) is 0.750.